The van der Waals surface area contributed by atoms with Crippen LogP contribution in [0.1, 0.15) is 30.0 Å². The van der Waals surface area contributed by atoms with Crippen LogP contribution in [0.25, 0.3) is 0 Å². The summed E-state index contributed by atoms with van der Waals surface area (Å²) in [6.45, 7) is 3.21. The maximum Gasteiger partial charge on any atom is 0.0721 e. The minimum absolute atomic E-state index is 0.339. The van der Waals surface area contributed by atoms with Crippen molar-refractivity contribution in [3.63, 3.8) is 0 Å². The Kier molecular flexibility index (Phi) is 4.36. The topological polar surface area (TPSA) is 47.7 Å². The molecule has 4 nitrogen and oxygen atoms in total. The number of methoxy groups -OCH3 is 1. The second kappa shape index (κ2) is 6.22. The number of hydrogen-bond donors (Lipinski definition) is 1. The quantitative estimate of drug-likeness (QED) is 0.913. The lowest BCUT2D eigenvalue weighted by atomic mass is 9.92. The lowest BCUT2D eigenvalue weighted by Gasteiger charge is -2.44. The summed E-state index contributed by atoms with van der Waals surface area (Å²) >= 11 is 0. The minimum atomic E-state index is 0.339. The van der Waals surface area contributed by atoms with Gasteiger partial charge in [0.25, 0.3) is 0 Å². The maximum atomic E-state index is 6.00. The summed E-state index contributed by atoms with van der Waals surface area (Å²) in [6, 6.07) is 9.33. The Balaban J connectivity index is 1.82. The molecule has 0 bridgehead atoms. The molecule has 20 heavy (non-hydrogen) atoms. The molecule has 0 saturated carbocycles. The first kappa shape index (κ1) is 14.0. The summed E-state index contributed by atoms with van der Waals surface area (Å²) in [5.41, 5.74) is 8.72. The number of rotatable bonds is 3. The first-order valence-electron chi connectivity index (χ1n) is 7.47. The Morgan fingerprint density at radius 1 is 1.40 bits per heavy atom. The van der Waals surface area contributed by atoms with E-state index in [0.29, 0.717) is 24.7 Å². The fourth-order valence-electron chi connectivity index (χ4n) is 3.52. The summed E-state index contributed by atoms with van der Waals surface area (Å²) in [4.78, 5) is 2.52. The molecule has 4 heteroatoms. The Morgan fingerprint density at radius 3 is 3.05 bits per heavy atom. The highest BCUT2D eigenvalue weighted by molar-refractivity contribution is 5.31. The smallest absolute Gasteiger partial charge is 0.0721 e. The number of nitrogens with zero attached hydrogens (tertiary/aromatic N) is 1. The fraction of sp³-hybridized carbons (Fsp3) is 0.625. The molecule has 110 valence electrons. The van der Waals surface area contributed by atoms with Crippen LogP contribution in [0.5, 0.6) is 0 Å². The van der Waals surface area contributed by atoms with Gasteiger partial charge in [-0.05, 0) is 24.0 Å². The van der Waals surface area contributed by atoms with Crippen molar-refractivity contribution in [2.75, 3.05) is 26.8 Å². The van der Waals surface area contributed by atoms with Crippen LogP contribution in [0, 0.1) is 0 Å². The zero-order valence-electron chi connectivity index (χ0n) is 12.1. The largest absolute Gasteiger partial charge is 0.381 e. The van der Waals surface area contributed by atoms with Crippen molar-refractivity contribution in [1.29, 1.82) is 0 Å². The predicted molar refractivity (Wildman–Crippen MR) is 78.4 cm³/mol. The van der Waals surface area contributed by atoms with Crippen LogP contribution in [0.4, 0.5) is 0 Å². The van der Waals surface area contributed by atoms with Gasteiger partial charge in [0, 0.05) is 26.2 Å². The molecule has 0 aromatic heterocycles. The third-order valence-corrected chi connectivity index (χ3v) is 4.67. The molecular weight excluding hydrogens is 252 g/mol. The van der Waals surface area contributed by atoms with E-state index >= 15 is 0 Å². The number of benzene rings is 1. The van der Waals surface area contributed by atoms with E-state index in [1.165, 1.54) is 11.1 Å². The SMILES string of the molecule is COC1CCN(C2COCc3ccccc32)C(CN)C1. The number of fused-ring (bicyclic) bond motifs is 1. The first-order valence-corrected chi connectivity index (χ1v) is 7.47. The molecular formula is C16H24N2O2. The van der Waals surface area contributed by atoms with Crippen molar-refractivity contribution in [2.24, 2.45) is 5.73 Å². The lowest BCUT2D eigenvalue weighted by Crippen LogP contribution is -2.51. The van der Waals surface area contributed by atoms with Crippen LogP contribution in [-0.4, -0.2) is 43.9 Å². The Hall–Kier alpha value is -0.940. The monoisotopic (exact) mass is 276 g/mol. The number of likely N-dealkylation sites (tertiary alicyclic amines) is 1. The van der Waals surface area contributed by atoms with Crippen LogP contribution < -0.4 is 5.73 Å². The molecule has 3 rings (SSSR count). The number of piperidine rings is 1. The van der Waals surface area contributed by atoms with Gasteiger partial charge < -0.3 is 15.2 Å². The fourth-order valence-corrected chi connectivity index (χ4v) is 3.52. The van der Waals surface area contributed by atoms with E-state index < -0.39 is 0 Å². The van der Waals surface area contributed by atoms with Crippen LogP contribution in [0.2, 0.25) is 0 Å². The minimum Gasteiger partial charge on any atom is -0.381 e. The zero-order valence-corrected chi connectivity index (χ0v) is 12.1. The molecule has 0 aliphatic carbocycles. The van der Waals surface area contributed by atoms with E-state index in [0.717, 1.165) is 32.6 Å². The van der Waals surface area contributed by atoms with E-state index in [9.17, 15) is 0 Å². The molecule has 2 heterocycles. The molecule has 1 saturated heterocycles. The second-order valence-corrected chi connectivity index (χ2v) is 5.74. The highest BCUT2D eigenvalue weighted by Gasteiger charge is 2.35. The molecule has 0 radical (unpaired) electrons. The van der Waals surface area contributed by atoms with E-state index in [2.05, 4.69) is 29.2 Å². The molecule has 0 spiro atoms. The highest BCUT2D eigenvalue weighted by Crippen LogP contribution is 2.34. The van der Waals surface area contributed by atoms with Crippen LogP contribution >= 0.6 is 0 Å². The van der Waals surface area contributed by atoms with Gasteiger partial charge in [-0.15, -0.1) is 0 Å². The lowest BCUT2D eigenvalue weighted by molar-refractivity contribution is -0.0366. The van der Waals surface area contributed by atoms with Gasteiger partial charge in [-0.3, -0.25) is 4.90 Å². The average Bonchev–Trinajstić information content (AvgIpc) is 2.53. The molecule has 2 N–H and O–H groups in total. The molecule has 0 amide bonds. The zero-order chi connectivity index (χ0) is 13.9. The van der Waals surface area contributed by atoms with Crippen molar-refractivity contribution in [3.8, 4) is 0 Å². The Morgan fingerprint density at radius 2 is 2.25 bits per heavy atom. The molecule has 3 unspecified atom stereocenters. The predicted octanol–water partition coefficient (Wildman–Crippen LogP) is 1.70. The van der Waals surface area contributed by atoms with Crippen molar-refractivity contribution in [2.45, 2.75) is 37.6 Å². The third kappa shape index (κ3) is 2.61. The van der Waals surface area contributed by atoms with Crippen molar-refractivity contribution in [1.82, 2.24) is 4.90 Å². The van der Waals surface area contributed by atoms with Crippen LogP contribution in [0.15, 0.2) is 24.3 Å². The van der Waals surface area contributed by atoms with Gasteiger partial charge in [0.1, 0.15) is 0 Å². The van der Waals surface area contributed by atoms with Crippen LogP contribution in [-0.2, 0) is 16.1 Å². The van der Waals surface area contributed by atoms with E-state index in [4.69, 9.17) is 15.2 Å². The average molecular weight is 276 g/mol. The van der Waals surface area contributed by atoms with Gasteiger partial charge in [-0.1, -0.05) is 24.3 Å². The summed E-state index contributed by atoms with van der Waals surface area (Å²) in [7, 11) is 1.80. The van der Waals surface area contributed by atoms with Gasteiger partial charge in [0.15, 0.2) is 0 Å². The third-order valence-electron chi connectivity index (χ3n) is 4.67. The standard InChI is InChI=1S/C16H24N2O2/c1-19-14-6-7-18(13(8-14)9-17)16-11-20-10-12-4-2-3-5-15(12)16/h2-5,13-14,16H,6-11,17H2,1H3. The molecule has 1 fully saturated rings. The number of nitrogens with two attached hydrogens (primary N) is 1. The van der Waals surface area contributed by atoms with Crippen molar-refractivity contribution in [3.05, 3.63) is 35.4 Å². The summed E-state index contributed by atoms with van der Waals surface area (Å²) in [6.07, 6.45) is 2.44. The molecule has 3 atom stereocenters. The maximum absolute atomic E-state index is 6.00. The van der Waals surface area contributed by atoms with Gasteiger partial charge in [0.05, 0.1) is 25.4 Å². The van der Waals surface area contributed by atoms with E-state index in [1.807, 2.05) is 0 Å². The first-order chi connectivity index (χ1) is 9.83. The highest BCUT2D eigenvalue weighted by atomic mass is 16.5. The van der Waals surface area contributed by atoms with Gasteiger partial charge in [0.2, 0.25) is 0 Å². The summed E-state index contributed by atoms with van der Waals surface area (Å²) in [5, 5.41) is 0. The molecule has 2 aliphatic heterocycles. The number of ether oxygens (including phenoxy) is 2. The van der Waals surface area contributed by atoms with E-state index in [-0.39, 0.29) is 0 Å². The number of hydrogen-bond acceptors (Lipinski definition) is 4. The van der Waals surface area contributed by atoms with Gasteiger partial charge >= 0.3 is 0 Å². The van der Waals surface area contributed by atoms with Crippen molar-refractivity contribution < 1.29 is 9.47 Å². The second-order valence-electron chi connectivity index (χ2n) is 5.74. The van der Waals surface area contributed by atoms with E-state index in [1.54, 1.807) is 7.11 Å². The van der Waals surface area contributed by atoms with Crippen LogP contribution in [0.3, 0.4) is 0 Å². The molecule has 1 aromatic rings. The summed E-state index contributed by atoms with van der Waals surface area (Å²) < 4.78 is 11.3. The van der Waals surface area contributed by atoms with Crippen molar-refractivity contribution >= 4 is 0 Å². The van der Waals surface area contributed by atoms with Gasteiger partial charge in [-0.2, -0.15) is 0 Å². The molecule has 2 aliphatic rings. The Bertz CT molecular complexity index is 452. The summed E-state index contributed by atoms with van der Waals surface area (Å²) in [5.74, 6) is 0. The van der Waals surface area contributed by atoms with Gasteiger partial charge in [-0.25, -0.2) is 0 Å². The Labute approximate surface area is 120 Å². The molecule has 1 aromatic carbocycles. The normalized spacial score (nSPS) is 31.0.